The molecule has 2 aliphatic carbocycles. The number of hydrogen-bond donors (Lipinski definition) is 0. The Bertz CT molecular complexity index is 178. The Morgan fingerprint density at radius 3 is 2.15 bits per heavy atom. The van der Waals surface area contributed by atoms with Crippen LogP contribution in [0.15, 0.2) is 0 Å². The Morgan fingerprint density at radius 1 is 0.923 bits per heavy atom. The highest BCUT2D eigenvalue weighted by atomic mass is 15.2. The fraction of sp³-hybridized carbons (Fsp3) is 1.00. The van der Waals surface area contributed by atoms with Gasteiger partial charge in [0.1, 0.15) is 0 Å². The third-order valence-corrected chi connectivity index (χ3v) is 4.54. The Hall–Kier alpha value is -0.0400. The third kappa shape index (κ3) is 1.52. The summed E-state index contributed by atoms with van der Waals surface area (Å²) < 4.78 is 0. The Kier molecular flexibility index (Phi) is 2.08. The maximum Gasteiger partial charge on any atom is 0.00957 e. The number of rotatable bonds is 2. The van der Waals surface area contributed by atoms with E-state index in [0.29, 0.717) is 0 Å². The van der Waals surface area contributed by atoms with E-state index in [1.54, 1.807) is 0 Å². The minimum absolute atomic E-state index is 0.991. The van der Waals surface area contributed by atoms with Crippen molar-refractivity contribution < 1.29 is 0 Å². The first-order valence-corrected chi connectivity index (χ1v) is 6.16. The lowest BCUT2D eigenvalue weighted by Crippen LogP contribution is -2.50. The average molecular weight is 179 g/mol. The van der Waals surface area contributed by atoms with Crippen LogP contribution in [-0.4, -0.2) is 24.0 Å². The molecule has 4 aliphatic rings. The van der Waals surface area contributed by atoms with Crippen LogP contribution < -0.4 is 0 Å². The fourth-order valence-electron chi connectivity index (χ4n) is 3.40. The van der Waals surface area contributed by atoms with Crippen molar-refractivity contribution in [2.45, 2.75) is 51.0 Å². The number of nitrogens with zero attached hydrogens (tertiary/aromatic N) is 1. The SMILES string of the molecule is C1CC(CN2CC3CCC2CC3)C1. The monoisotopic (exact) mass is 179 g/mol. The summed E-state index contributed by atoms with van der Waals surface area (Å²) in [5.41, 5.74) is 0. The number of piperidine rings is 2. The third-order valence-electron chi connectivity index (χ3n) is 4.54. The van der Waals surface area contributed by atoms with Gasteiger partial charge in [-0.25, -0.2) is 0 Å². The molecular formula is C12H21N. The molecule has 2 aliphatic heterocycles. The summed E-state index contributed by atoms with van der Waals surface area (Å²) >= 11 is 0. The highest BCUT2D eigenvalue weighted by Gasteiger charge is 2.35. The van der Waals surface area contributed by atoms with Crippen molar-refractivity contribution in [1.82, 2.24) is 4.90 Å². The fourth-order valence-corrected chi connectivity index (χ4v) is 3.40. The van der Waals surface area contributed by atoms with E-state index in [1.165, 1.54) is 58.0 Å². The van der Waals surface area contributed by atoms with Crippen LogP contribution in [0.5, 0.6) is 0 Å². The molecule has 0 spiro atoms. The Labute approximate surface area is 81.5 Å². The van der Waals surface area contributed by atoms with Gasteiger partial charge in [0.05, 0.1) is 0 Å². The van der Waals surface area contributed by atoms with Gasteiger partial charge in [0.15, 0.2) is 0 Å². The van der Waals surface area contributed by atoms with Crippen LogP contribution in [-0.2, 0) is 0 Å². The molecule has 0 N–H and O–H groups in total. The van der Waals surface area contributed by atoms with Gasteiger partial charge in [-0.2, -0.15) is 0 Å². The van der Waals surface area contributed by atoms with E-state index in [0.717, 1.165) is 17.9 Å². The van der Waals surface area contributed by atoms with Gasteiger partial charge in [-0.05, 0) is 50.4 Å². The molecule has 4 rings (SSSR count). The first-order chi connectivity index (χ1) is 6.42. The maximum atomic E-state index is 2.82. The molecule has 1 heteroatoms. The summed E-state index contributed by atoms with van der Waals surface area (Å²) in [7, 11) is 0. The molecule has 13 heavy (non-hydrogen) atoms. The van der Waals surface area contributed by atoms with Crippen molar-refractivity contribution >= 4 is 0 Å². The second-order valence-corrected chi connectivity index (χ2v) is 5.43. The lowest BCUT2D eigenvalue weighted by molar-refractivity contribution is 0.0253. The van der Waals surface area contributed by atoms with Crippen molar-refractivity contribution in [2.75, 3.05) is 13.1 Å². The van der Waals surface area contributed by atoms with Crippen LogP contribution >= 0.6 is 0 Å². The number of hydrogen-bond acceptors (Lipinski definition) is 1. The van der Waals surface area contributed by atoms with Crippen LogP contribution in [0.25, 0.3) is 0 Å². The maximum absolute atomic E-state index is 2.82. The Morgan fingerprint density at radius 2 is 1.69 bits per heavy atom. The smallest absolute Gasteiger partial charge is 0.00957 e. The lowest BCUT2D eigenvalue weighted by atomic mass is 9.78. The first-order valence-electron chi connectivity index (χ1n) is 6.16. The zero-order chi connectivity index (χ0) is 8.67. The molecule has 0 amide bonds. The zero-order valence-corrected chi connectivity index (χ0v) is 8.54. The summed E-state index contributed by atoms with van der Waals surface area (Å²) in [4.78, 5) is 2.82. The standard InChI is InChI=1S/C12H21N/c1-2-10(3-1)8-13-9-11-4-6-12(13)7-5-11/h10-12H,1-9H2. The van der Waals surface area contributed by atoms with Gasteiger partial charge in [0.25, 0.3) is 0 Å². The lowest BCUT2D eigenvalue weighted by Gasteiger charge is -2.47. The van der Waals surface area contributed by atoms with Gasteiger partial charge < -0.3 is 0 Å². The highest BCUT2D eigenvalue weighted by Crippen LogP contribution is 2.37. The zero-order valence-electron chi connectivity index (χ0n) is 8.54. The molecule has 2 bridgehead atoms. The second-order valence-electron chi connectivity index (χ2n) is 5.43. The number of fused-ring (bicyclic) bond motifs is 3. The van der Waals surface area contributed by atoms with Crippen LogP contribution in [0.1, 0.15) is 44.9 Å². The topological polar surface area (TPSA) is 3.24 Å². The summed E-state index contributed by atoms with van der Waals surface area (Å²) in [5.74, 6) is 2.16. The van der Waals surface area contributed by atoms with E-state index in [-0.39, 0.29) is 0 Å². The molecule has 0 aromatic rings. The molecule has 2 heterocycles. The summed E-state index contributed by atoms with van der Waals surface area (Å²) in [5, 5.41) is 0. The van der Waals surface area contributed by atoms with E-state index in [9.17, 15) is 0 Å². The van der Waals surface area contributed by atoms with Crippen LogP contribution in [0.3, 0.4) is 0 Å². The van der Waals surface area contributed by atoms with E-state index in [2.05, 4.69) is 4.90 Å². The molecule has 0 radical (unpaired) electrons. The van der Waals surface area contributed by atoms with E-state index in [1.807, 2.05) is 0 Å². The van der Waals surface area contributed by atoms with E-state index in [4.69, 9.17) is 0 Å². The predicted octanol–water partition coefficient (Wildman–Crippen LogP) is 2.66. The van der Waals surface area contributed by atoms with Crippen molar-refractivity contribution in [3.8, 4) is 0 Å². The summed E-state index contributed by atoms with van der Waals surface area (Å²) in [6.07, 6.45) is 10.6. The molecule has 0 aromatic heterocycles. The molecule has 2 saturated heterocycles. The molecule has 0 aromatic carbocycles. The van der Waals surface area contributed by atoms with Crippen molar-refractivity contribution in [3.05, 3.63) is 0 Å². The minimum atomic E-state index is 0.991. The summed E-state index contributed by atoms with van der Waals surface area (Å²) in [6.45, 7) is 2.89. The summed E-state index contributed by atoms with van der Waals surface area (Å²) in [6, 6.07) is 0.991. The van der Waals surface area contributed by atoms with Crippen LogP contribution in [0.4, 0.5) is 0 Å². The minimum Gasteiger partial charge on any atom is -0.300 e. The molecule has 1 nitrogen and oxygen atoms in total. The first kappa shape index (κ1) is 8.28. The second kappa shape index (κ2) is 3.27. The molecule has 2 saturated carbocycles. The molecule has 4 fully saturated rings. The van der Waals surface area contributed by atoms with Gasteiger partial charge in [0.2, 0.25) is 0 Å². The van der Waals surface area contributed by atoms with Gasteiger partial charge in [0, 0.05) is 19.1 Å². The normalized spacial score (nSPS) is 40.6. The van der Waals surface area contributed by atoms with Gasteiger partial charge in [-0.15, -0.1) is 0 Å². The largest absolute Gasteiger partial charge is 0.300 e. The Balaban J connectivity index is 1.58. The van der Waals surface area contributed by atoms with Crippen LogP contribution in [0.2, 0.25) is 0 Å². The van der Waals surface area contributed by atoms with Crippen LogP contribution in [0, 0.1) is 11.8 Å². The van der Waals surface area contributed by atoms with Crippen molar-refractivity contribution in [1.29, 1.82) is 0 Å². The molecule has 0 atom stereocenters. The van der Waals surface area contributed by atoms with Crippen molar-refractivity contribution in [2.24, 2.45) is 11.8 Å². The van der Waals surface area contributed by atoms with Gasteiger partial charge in [-0.3, -0.25) is 4.90 Å². The van der Waals surface area contributed by atoms with E-state index < -0.39 is 0 Å². The predicted molar refractivity (Wildman–Crippen MR) is 54.7 cm³/mol. The molecular weight excluding hydrogens is 158 g/mol. The molecule has 74 valence electrons. The molecule has 0 unspecified atom stereocenters. The average Bonchev–Trinajstić information content (AvgIpc) is 2.14. The van der Waals surface area contributed by atoms with Crippen molar-refractivity contribution in [3.63, 3.8) is 0 Å². The van der Waals surface area contributed by atoms with E-state index >= 15 is 0 Å². The quantitative estimate of drug-likeness (QED) is 0.630. The van der Waals surface area contributed by atoms with Gasteiger partial charge in [-0.1, -0.05) is 6.42 Å². The van der Waals surface area contributed by atoms with Gasteiger partial charge >= 0.3 is 0 Å². The highest BCUT2D eigenvalue weighted by molar-refractivity contribution is 4.89.